The van der Waals surface area contributed by atoms with E-state index in [0.717, 1.165) is 12.0 Å². The average Bonchev–Trinajstić information content (AvgIpc) is 2.42. The Bertz CT molecular complexity index is 451. The summed E-state index contributed by atoms with van der Waals surface area (Å²) < 4.78 is 5.02. The molecule has 0 fully saturated rings. The van der Waals surface area contributed by atoms with Crippen molar-refractivity contribution in [1.82, 2.24) is 0 Å². The standard InChI is InChI=1S/C16H18O2/c1-3-8-15(16(17)18-13-4-2)12-11-14-9-6-5-7-10-14/h4-7,9-11H,2-3,8,13H2,1H3. The monoisotopic (exact) mass is 242 g/mol. The third-order valence-electron chi connectivity index (χ3n) is 2.29. The van der Waals surface area contributed by atoms with Crippen molar-refractivity contribution in [1.29, 1.82) is 0 Å². The van der Waals surface area contributed by atoms with Crippen molar-refractivity contribution < 1.29 is 9.53 Å². The molecule has 0 N–H and O–H groups in total. The van der Waals surface area contributed by atoms with Crippen LogP contribution in [0.1, 0.15) is 25.3 Å². The summed E-state index contributed by atoms with van der Waals surface area (Å²) in [5.74, 6) is -0.316. The zero-order chi connectivity index (χ0) is 13.2. The summed E-state index contributed by atoms with van der Waals surface area (Å²) in [6.07, 6.45) is 4.91. The van der Waals surface area contributed by atoms with Gasteiger partial charge >= 0.3 is 5.97 Å². The largest absolute Gasteiger partial charge is 0.458 e. The summed E-state index contributed by atoms with van der Waals surface area (Å²) in [5.41, 5.74) is 4.62. The number of rotatable bonds is 6. The molecule has 1 aromatic rings. The number of carbonyl (C=O) groups excluding carboxylic acids is 1. The quantitative estimate of drug-likeness (QED) is 0.328. The molecule has 0 unspecified atom stereocenters. The maximum absolute atomic E-state index is 11.7. The topological polar surface area (TPSA) is 26.3 Å². The van der Waals surface area contributed by atoms with Gasteiger partial charge in [0.1, 0.15) is 6.61 Å². The van der Waals surface area contributed by atoms with Gasteiger partial charge in [-0.05, 0) is 18.1 Å². The van der Waals surface area contributed by atoms with Gasteiger partial charge < -0.3 is 4.74 Å². The fourth-order valence-electron chi connectivity index (χ4n) is 1.42. The molecule has 0 saturated heterocycles. The van der Waals surface area contributed by atoms with Gasteiger partial charge in [-0.1, -0.05) is 56.3 Å². The van der Waals surface area contributed by atoms with Crippen molar-refractivity contribution in [2.24, 2.45) is 0 Å². The molecular weight excluding hydrogens is 224 g/mol. The molecule has 0 bridgehead atoms. The van der Waals surface area contributed by atoms with E-state index in [-0.39, 0.29) is 12.6 Å². The molecule has 0 aliphatic carbocycles. The Morgan fingerprint density at radius 3 is 2.72 bits per heavy atom. The molecule has 0 saturated carbocycles. The SMILES string of the molecule is C=CCOC(=O)C(=C=Cc1ccccc1)CCC. The minimum absolute atomic E-state index is 0.235. The Hall–Kier alpha value is -2.05. The van der Waals surface area contributed by atoms with E-state index < -0.39 is 0 Å². The Labute approximate surface area is 108 Å². The zero-order valence-electron chi connectivity index (χ0n) is 10.7. The summed E-state index contributed by atoms with van der Waals surface area (Å²) in [5, 5.41) is 0. The molecular formula is C16H18O2. The predicted molar refractivity (Wildman–Crippen MR) is 74.0 cm³/mol. The van der Waals surface area contributed by atoms with Gasteiger partial charge in [-0.15, -0.1) is 5.73 Å². The Morgan fingerprint density at radius 1 is 1.39 bits per heavy atom. The molecule has 0 spiro atoms. The van der Waals surface area contributed by atoms with Crippen LogP contribution in [0.5, 0.6) is 0 Å². The van der Waals surface area contributed by atoms with Crippen molar-refractivity contribution in [2.45, 2.75) is 19.8 Å². The van der Waals surface area contributed by atoms with Crippen molar-refractivity contribution in [3.05, 3.63) is 59.9 Å². The van der Waals surface area contributed by atoms with Crippen LogP contribution >= 0.6 is 0 Å². The van der Waals surface area contributed by atoms with Crippen LogP contribution in [0.25, 0.3) is 6.08 Å². The van der Waals surface area contributed by atoms with Gasteiger partial charge in [-0.25, -0.2) is 4.79 Å². The minimum atomic E-state index is -0.316. The Balaban J connectivity index is 2.86. The normalized spacial score (nSPS) is 9.17. The van der Waals surface area contributed by atoms with Crippen LogP contribution in [0.2, 0.25) is 0 Å². The molecule has 2 nitrogen and oxygen atoms in total. The van der Waals surface area contributed by atoms with Crippen molar-refractivity contribution in [3.8, 4) is 0 Å². The van der Waals surface area contributed by atoms with E-state index in [9.17, 15) is 4.79 Å². The molecule has 0 aliphatic rings. The second-order valence-corrected chi connectivity index (χ2v) is 3.82. The summed E-state index contributed by atoms with van der Waals surface area (Å²) in [7, 11) is 0. The van der Waals surface area contributed by atoms with Crippen LogP contribution in [0.4, 0.5) is 0 Å². The number of hydrogen-bond donors (Lipinski definition) is 0. The lowest BCUT2D eigenvalue weighted by Crippen LogP contribution is -2.07. The van der Waals surface area contributed by atoms with E-state index in [1.54, 1.807) is 12.2 Å². The number of benzene rings is 1. The number of carbonyl (C=O) groups is 1. The third kappa shape index (κ3) is 4.86. The van der Waals surface area contributed by atoms with Gasteiger partial charge in [0, 0.05) is 0 Å². The molecule has 18 heavy (non-hydrogen) atoms. The van der Waals surface area contributed by atoms with Crippen molar-refractivity contribution in [3.63, 3.8) is 0 Å². The van der Waals surface area contributed by atoms with Gasteiger partial charge in [0.05, 0.1) is 5.57 Å². The smallest absolute Gasteiger partial charge is 0.342 e. The Morgan fingerprint density at radius 2 is 2.11 bits per heavy atom. The van der Waals surface area contributed by atoms with Crippen LogP contribution in [0, 0.1) is 0 Å². The number of ether oxygens (including phenoxy) is 1. The van der Waals surface area contributed by atoms with Crippen LogP contribution in [-0.2, 0) is 9.53 Å². The van der Waals surface area contributed by atoms with E-state index in [4.69, 9.17) is 4.74 Å². The van der Waals surface area contributed by atoms with Gasteiger partial charge in [0.15, 0.2) is 0 Å². The van der Waals surface area contributed by atoms with Gasteiger partial charge in [0.2, 0.25) is 0 Å². The van der Waals surface area contributed by atoms with E-state index in [2.05, 4.69) is 12.3 Å². The van der Waals surface area contributed by atoms with Crippen molar-refractivity contribution >= 4 is 12.0 Å². The van der Waals surface area contributed by atoms with Gasteiger partial charge in [-0.3, -0.25) is 0 Å². The molecule has 0 atom stereocenters. The highest BCUT2D eigenvalue weighted by Gasteiger charge is 2.08. The maximum atomic E-state index is 11.7. The van der Waals surface area contributed by atoms with Crippen LogP contribution < -0.4 is 0 Å². The number of esters is 1. The molecule has 0 aromatic heterocycles. The lowest BCUT2D eigenvalue weighted by molar-refractivity contribution is -0.137. The van der Waals surface area contributed by atoms with Crippen LogP contribution in [0.15, 0.2) is 54.3 Å². The van der Waals surface area contributed by atoms with Crippen LogP contribution in [0.3, 0.4) is 0 Å². The Kier molecular flexibility index (Phi) is 6.31. The molecule has 1 aromatic carbocycles. The van der Waals surface area contributed by atoms with E-state index in [1.807, 2.05) is 37.3 Å². The molecule has 1 rings (SSSR count). The molecule has 0 radical (unpaired) electrons. The average molecular weight is 242 g/mol. The summed E-state index contributed by atoms with van der Waals surface area (Å²) in [6.45, 7) is 5.77. The minimum Gasteiger partial charge on any atom is -0.458 e. The summed E-state index contributed by atoms with van der Waals surface area (Å²) in [6, 6.07) is 9.77. The van der Waals surface area contributed by atoms with E-state index >= 15 is 0 Å². The summed E-state index contributed by atoms with van der Waals surface area (Å²) in [4.78, 5) is 11.7. The van der Waals surface area contributed by atoms with Gasteiger partial charge in [0.25, 0.3) is 0 Å². The van der Waals surface area contributed by atoms with Crippen molar-refractivity contribution in [2.75, 3.05) is 6.61 Å². The predicted octanol–water partition coefficient (Wildman–Crippen LogP) is 3.75. The highest BCUT2D eigenvalue weighted by molar-refractivity contribution is 5.88. The lowest BCUT2D eigenvalue weighted by atomic mass is 10.1. The molecule has 0 amide bonds. The fourth-order valence-corrected chi connectivity index (χ4v) is 1.42. The van der Waals surface area contributed by atoms with Crippen LogP contribution in [-0.4, -0.2) is 12.6 Å². The first-order chi connectivity index (χ1) is 8.77. The third-order valence-corrected chi connectivity index (χ3v) is 2.29. The number of hydrogen-bond acceptors (Lipinski definition) is 2. The second-order valence-electron chi connectivity index (χ2n) is 3.82. The highest BCUT2D eigenvalue weighted by atomic mass is 16.5. The second kappa shape index (κ2) is 8.10. The fraction of sp³-hybridized carbons (Fsp3) is 0.250. The summed E-state index contributed by atoms with van der Waals surface area (Å²) >= 11 is 0. The molecule has 94 valence electrons. The molecule has 2 heteroatoms. The first-order valence-electron chi connectivity index (χ1n) is 6.06. The first kappa shape index (κ1) is 14.0. The molecule has 0 heterocycles. The zero-order valence-corrected chi connectivity index (χ0v) is 10.7. The van der Waals surface area contributed by atoms with Gasteiger partial charge in [-0.2, -0.15) is 0 Å². The highest BCUT2D eigenvalue weighted by Crippen LogP contribution is 2.08. The van der Waals surface area contributed by atoms with E-state index in [1.165, 1.54) is 0 Å². The first-order valence-corrected chi connectivity index (χ1v) is 6.06. The molecule has 0 aliphatic heterocycles. The lowest BCUT2D eigenvalue weighted by Gasteiger charge is -2.02. The maximum Gasteiger partial charge on any atom is 0.342 e. The van der Waals surface area contributed by atoms with E-state index in [0.29, 0.717) is 12.0 Å².